The summed E-state index contributed by atoms with van der Waals surface area (Å²) in [5, 5.41) is 14.5. The lowest BCUT2D eigenvalue weighted by molar-refractivity contribution is -0.121. The Kier molecular flexibility index (Phi) is 11.0. The van der Waals surface area contributed by atoms with Gasteiger partial charge in [0.2, 0.25) is 5.91 Å². The van der Waals surface area contributed by atoms with Gasteiger partial charge >= 0.3 is 0 Å². The SMILES string of the molecule is CCCC(CCC)CN1CCC(c2ccc(NC(CCCO)C(=O)NC)cc2F)C(F)(F)C1. The zero-order chi connectivity index (χ0) is 24.4. The standard InChI is InChI=1S/C25H40F3N3O2/c1-4-7-18(8-5-2)16-31-13-12-21(25(27,28)17-31)20-11-10-19(15-22(20)26)30-23(9-6-14-32)24(33)29-3/h10-11,15,18,21,23,30,32H,4-9,12-14,16-17H2,1-3H3,(H,29,33). The quantitative estimate of drug-likeness (QED) is 0.388. The third-order valence-electron chi connectivity index (χ3n) is 6.52. The van der Waals surface area contributed by atoms with Crippen LogP contribution in [0.2, 0.25) is 0 Å². The smallest absolute Gasteiger partial charge is 0.267 e. The molecule has 0 saturated carbocycles. The molecule has 2 atom stereocenters. The molecule has 2 unspecified atom stereocenters. The van der Waals surface area contributed by atoms with Gasteiger partial charge in [-0.05, 0) is 62.3 Å². The Hall–Kier alpha value is -1.80. The monoisotopic (exact) mass is 471 g/mol. The maximum Gasteiger partial charge on any atom is 0.267 e. The summed E-state index contributed by atoms with van der Waals surface area (Å²) in [6.45, 7) is 5.03. The summed E-state index contributed by atoms with van der Waals surface area (Å²) in [5.41, 5.74) is 0.376. The second-order valence-electron chi connectivity index (χ2n) is 9.19. The van der Waals surface area contributed by atoms with Gasteiger partial charge in [-0.1, -0.05) is 32.8 Å². The Balaban J connectivity index is 2.09. The van der Waals surface area contributed by atoms with Gasteiger partial charge in [-0.15, -0.1) is 0 Å². The largest absolute Gasteiger partial charge is 0.396 e. The van der Waals surface area contributed by atoms with Crippen LogP contribution in [0.3, 0.4) is 0 Å². The van der Waals surface area contributed by atoms with Crippen molar-refractivity contribution in [3.05, 3.63) is 29.6 Å². The fourth-order valence-corrected chi connectivity index (χ4v) is 4.90. The van der Waals surface area contributed by atoms with E-state index in [1.54, 1.807) is 6.07 Å². The first-order chi connectivity index (χ1) is 15.7. The van der Waals surface area contributed by atoms with E-state index in [4.69, 9.17) is 5.11 Å². The number of carbonyl (C=O) groups excluding carboxylic acids is 1. The number of alkyl halides is 2. The number of nitrogens with zero attached hydrogens (tertiary/aromatic N) is 1. The minimum Gasteiger partial charge on any atom is -0.396 e. The molecule has 0 aliphatic carbocycles. The van der Waals surface area contributed by atoms with Crippen molar-refractivity contribution in [2.45, 2.75) is 76.7 Å². The Morgan fingerprint density at radius 1 is 1.24 bits per heavy atom. The lowest BCUT2D eigenvalue weighted by Crippen LogP contribution is -2.49. The Morgan fingerprint density at radius 3 is 2.48 bits per heavy atom. The number of halogens is 3. The van der Waals surface area contributed by atoms with Crippen molar-refractivity contribution in [3.8, 4) is 0 Å². The summed E-state index contributed by atoms with van der Waals surface area (Å²) < 4.78 is 45.2. The van der Waals surface area contributed by atoms with E-state index in [1.165, 1.54) is 19.2 Å². The van der Waals surface area contributed by atoms with Gasteiger partial charge < -0.3 is 15.7 Å². The molecule has 8 heteroatoms. The van der Waals surface area contributed by atoms with E-state index in [9.17, 15) is 9.18 Å². The van der Waals surface area contributed by atoms with Crippen molar-refractivity contribution >= 4 is 11.6 Å². The molecule has 188 valence electrons. The highest BCUT2D eigenvalue weighted by Crippen LogP contribution is 2.42. The van der Waals surface area contributed by atoms with Crippen LogP contribution in [0.5, 0.6) is 0 Å². The van der Waals surface area contributed by atoms with Crippen molar-refractivity contribution in [2.75, 3.05) is 38.6 Å². The maximum atomic E-state index is 15.1. The number of aliphatic hydroxyl groups excluding tert-OH is 1. The molecule has 1 aromatic rings. The van der Waals surface area contributed by atoms with Crippen molar-refractivity contribution in [1.82, 2.24) is 10.2 Å². The number of anilines is 1. The lowest BCUT2D eigenvalue weighted by atomic mass is 9.85. The van der Waals surface area contributed by atoms with Gasteiger partial charge in [0, 0.05) is 25.9 Å². The Bertz CT molecular complexity index is 742. The minimum absolute atomic E-state index is 0.0238. The van der Waals surface area contributed by atoms with Crippen LogP contribution < -0.4 is 10.6 Å². The van der Waals surface area contributed by atoms with E-state index in [-0.39, 0.29) is 31.0 Å². The van der Waals surface area contributed by atoms with Crippen LogP contribution in [0.1, 0.15) is 70.3 Å². The highest BCUT2D eigenvalue weighted by Gasteiger charge is 2.46. The number of benzene rings is 1. The van der Waals surface area contributed by atoms with Crippen molar-refractivity contribution in [1.29, 1.82) is 0 Å². The second kappa shape index (κ2) is 13.2. The van der Waals surface area contributed by atoms with Gasteiger partial charge in [0.05, 0.1) is 12.5 Å². The average Bonchev–Trinajstić information content (AvgIpc) is 2.76. The molecule has 0 spiro atoms. The molecule has 1 amide bonds. The molecular formula is C25H40F3N3O2. The summed E-state index contributed by atoms with van der Waals surface area (Å²) >= 11 is 0. The van der Waals surface area contributed by atoms with Crippen LogP contribution in [0.4, 0.5) is 18.9 Å². The van der Waals surface area contributed by atoms with Gasteiger partial charge in [0.15, 0.2) is 0 Å². The number of hydrogen-bond donors (Lipinski definition) is 3. The fourth-order valence-electron chi connectivity index (χ4n) is 4.90. The summed E-state index contributed by atoms with van der Waals surface area (Å²) in [5.74, 6) is -4.72. The first-order valence-electron chi connectivity index (χ1n) is 12.2. The first kappa shape index (κ1) is 27.4. The highest BCUT2D eigenvalue weighted by molar-refractivity contribution is 5.84. The average molecular weight is 472 g/mol. The number of rotatable bonds is 13. The summed E-state index contributed by atoms with van der Waals surface area (Å²) in [6.07, 6.45) is 5.16. The topological polar surface area (TPSA) is 64.6 Å². The van der Waals surface area contributed by atoms with E-state index < -0.39 is 23.7 Å². The predicted molar refractivity (Wildman–Crippen MR) is 126 cm³/mol. The van der Waals surface area contributed by atoms with Crippen LogP contribution in [-0.2, 0) is 4.79 Å². The van der Waals surface area contributed by atoms with E-state index >= 15 is 8.78 Å². The number of piperidine rings is 1. The second-order valence-corrected chi connectivity index (χ2v) is 9.19. The van der Waals surface area contributed by atoms with E-state index in [0.29, 0.717) is 37.5 Å². The van der Waals surface area contributed by atoms with Gasteiger partial charge in [-0.2, -0.15) is 0 Å². The van der Waals surface area contributed by atoms with Crippen LogP contribution >= 0.6 is 0 Å². The van der Waals surface area contributed by atoms with E-state index in [2.05, 4.69) is 24.5 Å². The van der Waals surface area contributed by atoms with Crippen LogP contribution in [-0.4, -0.2) is 61.2 Å². The van der Waals surface area contributed by atoms with E-state index in [0.717, 1.165) is 25.7 Å². The van der Waals surface area contributed by atoms with Gasteiger partial charge in [0.1, 0.15) is 11.9 Å². The number of likely N-dealkylation sites (N-methyl/N-ethyl adjacent to an activating group) is 1. The Morgan fingerprint density at radius 2 is 1.94 bits per heavy atom. The number of hydrogen-bond acceptors (Lipinski definition) is 4. The van der Waals surface area contributed by atoms with Gasteiger partial charge in [0.25, 0.3) is 5.92 Å². The van der Waals surface area contributed by atoms with E-state index in [1.807, 2.05) is 4.90 Å². The summed E-state index contributed by atoms with van der Waals surface area (Å²) in [7, 11) is 1.50. The predicted octanol–water partition coefficient (Wildman–Crippen LogP) is 4.77. The van der Waals surface area contributed by atoms with Crippen molar-refractivity contribution in [2.24, 2.45) is 5.92 Å². The molecule has 0 aromatic heterocycles. The molecule has 1 aliphatic rings. The van der Waals surface area contributed by atoms with Crippen molar-refractivity contribution in [3.63, 3.8) is 0 Å². The molecule has 1 fully saturated rings. The fraction of sp³-hybridized carbons (Fsp3) is 0.720. The number of likely N-dealkylation sites (tertiary alicyclic amines) is 1. The van der Waals surface area contributed by atoms with Gasteiger partial charge in [-0.25, -0.2) is 13.2 Å². The van der Waals surface area contributed by atoms with Crippen LogP contribution in [0.15, 0.2) is 18.2 Å². The molecule has 1 heterocycles. The molecule has 5 nitrogen and oxygen atoms in total. The molecule has 3 N–H and O–H groups in total. The molecule has 1 aliphatic heterocycles. The number of amides is 1. The summed E-state index contributed by atoms with van der Waals surface area (Å²) in [6, 6.07) is 3.51. The number of aliphatic hydroxyl groups is 1. The van der Waals surface area contributed by atoms with Crippen LogP contribution in [0, 0.1) is 11.7 Å². The lowest BCUT2D eigenvalue weighted by Gasteiger charge is -2.40. The zero-order valence-electron chi connectivity index (χ0n) is 20.2. The molecule has 0 bridgehead atoms. The normalized spacial score (nSPS) is 19.5. The number of carbonyl (C=O) groups is 1. The maximum absolute atomic E-state index is 15.1. The zero-order valence-corrected chi connectivity index (χ0v) is 20.2. The summed E-state index contributed by atoms with van der Waals surface area (Å²) in [4.78, 5) is 13.9. The van der Waals surface area contributed by atoms with Crippen molar-refractivity contribution < 1.29 is 23.1 Å². The molecule has 33 heavy (non-hydrogen) atoms. The molecule has 1 aromatic carbocycles. The molecule has 2 rings (SSSR count). The molecule has 0 radical (unpaired) electrons. The third kappa shape index (κ3) is 7.88. The molecular weight excluding hydrogens is 431 g/mol. The third-order valence-corrected chi connectivity index (χ3v) is 6.52. The molecule has 1 saturated heterocycles. The minimum atomic E-state index is -3.01. The van der Waals surface area contributed by atoms with Gasteiger partial charge in [-0.3, -0.25) is 9.69 Å². The Labute approximate surface area is 196 Å². The number of nitrogens with one attached hydrogen (secondary N) is 2. The first-order valence-corrected chi connectivity index (χ1v) is 12.2. The highest BCUT2D eigenvalue weighted by atomic mass is 19.3. The van der Waals surface area contributed by atoms with Crippen LogP contribution in [0.25, 0.3) is 0 Å².